The maximum atomic E-state index is 13.3. The number of sulfone groups is 1. The number of rotatable bonds is 4. The van der Waals surface area contributed by atoms with E-state index >= 15 is 0 Å². The first-order valence-corrected chi connectivity index (χ1v) is 11.8. The third-order valence-electron chi connectivity index (χ3n) is 6.22. The second kappa shape index (κ2) is 7.03. The molecule has 2 aromatic carbocycles. The van der Waals surface area contributed by atoms with Gasteiger partial charge in [0, 0.05) is 43.4 Å². The van der Waals surface area contributed by atoms with Gasteiger partial charge in [-0.25, -0.2) is 12.8 Å². The van der Waals surface area contributed by atoms with Gasteiger partial charge in [0.2, 0.25) is 0 Å². The summed E-state index contributed by atoms with van der Waals surface area (Å²) in [5.41, 5.74) is 3.79. The van der Waals surface area contributed by atoms with E-state index in [1.807, 2.05) is 29.2 Å². The molecule has 1 fully saturated rings. The summed E-state index contributed by atoms with van der Waals surface area (Å²) < 4.78 is 41.5. The first-order chi connectivity index (χ1) is 14.3. The fraction of sp³-hybridized carbons (Fsp3) is 0.348. The fourth-order valence-corrected chi connectivity index (χ4v) is 6.87. The standard InChI is InChI=1S/C23H24FN3O2S/c1-15(2)27-12-16(10-25-27)11-26-13-21-20-9-18(17-3-6-19(24)7-4-17)5-8-22(20)30(28,29)23(21)14-26/h3-10,12,15,21,23H,11,13-14H2,1-2H3. The molecule has 5 nitrogen and oxygen atoms in total. The summed E-state index contributed by atoms with van der Waals surface area (Å²) >= 11 is 0. The van der Waals surface area contributed by atoms with Crippen LogP contribution in [0.4, 0.5) is 4.39 Å². The monoisotopic (exact) mass is 425 g/mol. The molecule has 1 saturated heterocycles. The van der Waals surface area contributed by atoms with Crippen LogP contribution in [-0.4, -0.2) is 41.4 Å². The van der Waals surface area contributed by atoms with Crippen LogP contribution in [0.5, 0.6) is 0 Å². The molecular formula is C23H24FN3O2S. The Labute approximate surface area is 176 Å². The molecule has 2 aliphatic rings. The zero-order valence-electron chi connectivity index (χ0n) is 17.0. The lowest BCUT2D eigenvalue weighted by Crippen LogP contribution is -2.25. The SMILES string of the molecule is CC(C)n1cc(CN2CC3c4cc(-c5ccc(F)cc5)ccc4S(=O)(=O)C3C2)cn1. The van der Waals surface area contributed by atoms with E-state index in [9.17, 15) is 12.8 Å². The topological polar surface area (TPSA) is 55.2 Å². The van der Waals surface area contributed by atoms with Crippen LogP contribution in [0.1, 0.15) is 36.9 Å². The minimum atomic E-state index is -3.34. The van der Waals surface area contributed by atoms with E-state index in [1.54, 1.807) is 18.2 Å². The lowest BCUT2D eigenvalue weighted by molar-refractivity contribution is 0.325. The molecule has 2 aliphatic heterocycles. The van der Waals surface area contributed by atoms with Gasteiger partial charge in [0.05, 0.1) is 16.3 Å². The molecule has 5 rings (SSSR count). The first kappa shape index (κ1) is 19.5. The summed E-state index contributed by atoms with van der Waals surface area (Å²) in [5, 5.41) is 3.98. The number of benzene rings is 2. The molecule has 3 aromatic rings. The molecule has 0 aliphatic carbocycles. The molecule has 0 spiro atoms. The average molecular weight is 426 g/mol. The van der Waals surface area contributed by atoms with E-state index in [4.69, 9.17) is 0 Å². The summed E-state index contributed by atoms with van der Waals surface area (Å²) in [6.07, 6.45) is 3.90. The molecule has 2 unspecified atom stereocenters. The zero-order chi connectivity index (χ0) is 21.0. The Kier molecular flexibility index (Phi) is 4.56. The quantitative estimate of drug-likeness (QED) is 0.633. The van der Waals surface area contributed by atoms with Crippen LogP contribution in [0, 0.1) is 5.82 Å². The van der Waals surface area contributed by atoms with Gasteiger partial charge in [0.1, 0.15) is 5.82 Å². The maximum absolute atomic E-state index is 13.3. The highest BCUT2D eigenvalue weighted by atomic mass is 32.2. The Balaban J connectivity index is 1.43. The largest absolute Gasteiger partial charge is 0.297 e. The molecule has 7 heteroatoms. The van der Waals surface area contributed by atoms with E-state index in [0.29, 0.717) is 30.6 Å². The van der Waals surface area contributed by atoms with Crippen LogP contribution in [0.2, 0.25) is 0 Å². The van der Waals surface area contributed by atoms with Crippen molar-refractivity contribution >= 4 is 9.84 Å². The third kappa shape index (κ3) is 3.17. The highest BCUT2D eigenvalue weighted by molar-refractivity contribution is 7.92. The lowest BCUT2D eigenvalue weighted by atomic mass is 9.94. The van der Waals surface area contributed by atoms with E-state index in [0.717, 1.165) is 22.3 Å². The van der Waals surface area contributed by atoms with Crippen molar-refractivity contribution in [2.75, 3.05) is 13.1 Å². The van der Waals surface area contributed by atoms with E-state index in [1.165, 1.54) is 12.1 Å². The highest BCUT2D eigenvalue weighted by Gasteiger charge is 2.50. The number of hydrogen-bond donors (Lipinski definition) is 0. The summed E-state index contributed by atoms with van der Waals surface area (Å²) in [5.74, 6) is -0.319. The summed E-state index contributed by atoms with van der Waals surface area (Å²) in [4.78, 5) is 2.66. The molecule has 2 atom stereocenters. The summed E-state index contributed by atoms with van der Waals surface area (Å²) in [7, 11) is -3.34. The van der Waals surface area contributed by atoms with Crippen LogP contribution in [-0.2, 0) is 16.4 Å². The van der Waals surface area contributed by atoms with Gasteiger partial charge in [-0.1, -0.05) is 18.2 Å². The molecule has 0 amide bonds. The molecule has 0 saturated carbocycles. The summed E-state index contributed by atoms with van der Waals surface area (Å²) in [6.45, 7) is 6.09. The van der Waals surface area contributed by atoms with E-state index < -0.39 is 15.1 Å². The predicted molar refractivity (Wildman–Crippen MR) is 113 cm³/mol. The van der Waals surface area contributed by atoms with Crippen molar-refractivity contribution in [3.63, 3.8) is 0 Å². The molecule has 0 N–H and O–H groups in total. The Bertz CT molecular complexity index is 1200. The second-order valence-electron chi connectivity index (χ2n) is 8.57. The number of halogens is 1. The summed E-state index contributed by atoms with van der Waals surface area (Å²) in [6, 6.07) is 12.1. The van der Waals surface area contributed by atoms with Crippen LogP contribution in [0.15, 0.2) is 59.8 Å². The van der Waals surface area contributed by atoms with Crippen molar-refractivity contribution in [1.82, 2.24) is 14.7 Å². The minimum absolute atomic E-state index is 0.0365. The Morgan fingerprint density at radius 1 is 1.10 bits per heavy atom. The van der Waals surface area contributed by atoms with E-state index in [-0.39, 0.29) is 11.7 Å². The van der Waals surface area contributed by atoms with Crippen molar-refractivity contribution < 1.29 is 12.8 Å². The number of hydrogen-bond acceptors (Lipinski definition) is 4. The fourth-order valence-electron chi connectivity index (χ4n) is 4.68. The van der Waals surface area contributed by atoms with Crippen LogP contribution >= 0.6 is 0 Å². The van der Waals surface area contributed by atoms with Crippen molar-refractivity contribution in [2.45, 2.75) is 42.5 Å². The average Bonchev–Trinajstić information content (AvgIpc) is 3.40. The maximum Gasteiger partial charge on any atom is 0.183 e. The molecule has 30 heavy (non-hydrogen) atoms. The van der Waals surface area contributed by atoms with Gasteiger partial charge in [-0.3, -0.25) is 9.58 Å². The zero-order valence-corrected chi connectivity index (χ0v) is 17.8. The van der Waals surface area contributed by atoms with Gasteiger partial charge in [0.15, 0.2) is 9.84 Å². The van der Waals surface area contributed by atoms with Crippen molar-refractivity contribution in [1.29, 1.82) is 0 Å². The van der Waals surface area contributed by atoms with Crippen LogP contribution in [0.3, 0.4) is 0 Å². The smallest absolute Gasteiger partial charge is 0.183 e. The second-order valence-corrected chi connectivity index (χ2v) is 10.7. The first-order valence-electron chi connectivity index (χ1n) is 10.2. The molecule has 3 heterocycles. The van der Waals surface area contributed by atoms with Crippen molar-refractivity contribution in [2.24, 2.45) is 0 Å². The number of likely N-dealkylation sites (tertiary alicyclic amines) is 1. The number of aromatic nitrogens is 2. The molecule has 0 radical (unpaired) electrons. The van der Waals surface area contributed by atoms with Gasteiger partial charge in [0.25, 0.3) is 0 Å². The predicted octanol–water partition coefficient (Wildman–Crippen LogP) is 4.03. The highest BCUT2D eigenvalue weighted by Crippen LogP contribution is 2.46. The van der Waals surface area contributed by atoms with Crippen LogP contribution in [0.25, 0.3) is 11.1 Å². The Hall–Kier alpha value is -2.51. The lowest BCUT2D eigenvalue weighted by Gasteiger charge is -2.16. The Morgan fingerprint density at radius 2 is 1.83 bits per heavy atom. The van der Waals surface area contributed by atoms with Gasteiger partial charge in [-0.15, -0.1) is 0 Å². The third-order valence-corrected chi connectivity index (χ3v) is 8.48. The normalized spacial score (nSPS) is 22.4. The van der Waals surface area contributed by atoms with Gasteiger partial charge in [-0.2, -0.15) is 5.10 Å². The number of fused-ring (bicyclic) bond motifs is 3. The Morgan fingerprint density at radius 3 is 2.53 bits per heavy atom. The minimum Gasteiger partial charge on any atom is -0.297 e. The van der Waals surface area contributed by atoms with E-state index in [2.05, 4.69) is 23.8 Å². The number of nitrogens with zero attached hydrogens (tertiary/aromatic N) is 3. The molecule has 0 bridgehead atoms. The van der Waals surface area contributed by atoms with Gasteiger partial charge < -0.3 is 0 Å². The van der Waals surface area contributed by atoms with Crippen molar-refractivity contribution in [3.05, 3.63) is 71.8 Å². The van der Waals surface area contributed by atoms with Gasteiger partial charge >= 0.3 is 0 Å². The van der Waals surface area contributed by atoms with Crippen LogP contribution < -0.4 is 0 Å². The molecular weight excluding hydrogens is 401 g/mol. The van der Waals surface area contributed by atoms with Gasteiger partial charge in [-0.05, 0) is 54.8 Å². The van der Waals surface area contributed by atoms with Crippen molar-refractivity contribution in [3.8, 4) is 11.1 Å². The molecule has 156 valence electrons. The molecule has 1 aromatic heterocycles.